The maximum atomic E-state index is 12.2. The van der Waals surface area contributed by atoms with Crippen molar-refractivity contribution in [1.29, 1.82) is 0 Å². The summed E-state index contributed by atoms with van der Waals surface area (Å²) < 4.78 is 0. The molecule has 20 heavy (non-hydrogen) atoms. The fraction of sp³-hybridized carbons (Fsp3) is 0.643. The first-order chi connectivity index (χ1) is 9.51. The van der Waals surface area contributed by atoms with Crippen LogP contribution in [0, 0.1) is 24.7 Å². The van der Waals surface area contributed by atoms with Crippen molar-refractivity contribution in [2.24, 2.45) is 17.8 Å². The lowest BCUT2D eigenvalue weighted by molar-refractivity contribution is -0.146. The molecule has 5 nitrogen and oxygen atoms in total. The molecule has 0 aliphatic heterocycles. The molecule has 1 fully saturated rings. The summed E-state index contributed by atoms with van der Waals surface area (Å²) in [6.07, 6.45) is 2.22. The summed E-state index contributed by atoms with van der Waals surface area (Å²) in [6, 6.07) is 0. The number of aromatic nitrogens is 1. The molecular formula is C14H20N2O3S. The number of thiazole rings is 1. The molecule has 1 aliphatic rings. The largest absolute Gasteiger partial charge is 0.481 e. The summed E-state index contributed by atoms with van der Waals surface area (Å²) in [5, 5.41) is 14.9. The number of carbonyl (C=O) groups excluding carboxylic acids is 1. The molecular weight excluding hydrogens is 276 g/mol. The van der Waals surface area contributed by atoms with Gasteiger partial charge in [-0.1, -0.05) is 13.3 Å². The lowest BCUT2D eigenvalue weighted by Gasteiger charge is -2.14. The number of amides is 1. The summed E-state index contributed by atoms with van der Waals surface area (Å²) in [7, 11) is 0. The third-order valence-electron chi connectivity index (χ3n) is 4.00. The highest BCUT2D eigenvalue weighted by Gasteiger charge is 2.41. The van der Waals surface area contributed by atoms with Gasteiger partial charge in [-0.15, -0.1) is 11.3 Å². The molecule has 1 heterocycles. The molecule has 0 bridgehead atoms. The van der Waals surface area contributed by atoms with Crippen LogP contribution >= 0.6 is 11.3 Å². The van der Waals surface area contributed by atoms with Crippen LogP contribution in [0.4, 0.5) is 0 Å². The zero-order chi connectivity index (χ0) is 14.7. The van der Waals surface area contributed by atoms with Gasteiger partial charge in [-0.05, 0) is 25.7 Å². The lowest BCUT2D eigenvalue weighted by Crippen LogP contribution is -2.35. The van der Waals surface area contributed by atoms with Gasteiger partial charge in [-0.2, -0.15) is 0 Å². The molecule has 110 valence electrons. The Morgan fingerprint density at radius 2 is 2.15 bits per heavy atom. The van der Waals surface area contributed by atoms with E-state index < -0.39 is 17.8 Å². The smallest absolute Gasteiger partial charge is 0.307 e. The zero-order valence-corrected chi connectivity index (χ0v) is 12.6. The molecule has 3 atom stereocenters. The standard InChI is InChI=1S/C14H20N2O3S/c1-3-9-4-11(12(5-9)14(18)19)13(17)15-6-10-7-20-8(2)16-10/h7,9,11-12H,3-6H2,1-2H3,(H,15,17)(H,18,19)/t9?,11-,12+/m0/s1. The molecule has 2 rings (SSSR count). The number of carboxylic acid groups (broad SMARTS) is 1. The summed E-state index contributed by atoms with van der Waals surface area (Å²) in [5.41, 5.74) is 0.831. The predicted octanol–water partition coefficient (Wildman–Crippen LogP) is 2.20. The number of carbonyl (C=O) groups is 2. The van der Waals surface area contributed by atoms with Gasteiger partial charge in [0.2, 0.25) is 5.91 Å². The Hall–Kier alpha value is -1.43. The predicted molar refractivity (Wildman–Crippen MR) is 76.3 cm³/mol. The Balaban J connectivity index is 1.95. The van der Waals surface area contributed by atoms with Crippen LogP contribution in [0.15, 0.2) is 5.38 Å². The van der Waals surface area contributed by atoms with Crippen molar-refractivity contribution in [3.8, 4) is 0 Å². The van der Waals surface area contributed by atoms with E-state index in [4.69, 9.17) is 0 Å². The van der Waals surface area contributed by atoms with Gasteiger partial charge < -0.3 is 10.4 Å². The summed E-state index contributed by atoms with van der Waals surface area (Å²) >= 11 is 1.54. The van der Waals surface area contributed by atoms with Gasteiger partial charge in [0.25, 0.3) is 0 Å². The highest BCUT2D eigenvalue weighted by atomic mass is 32.1. The van der Waals surface area contributed by atoms with Gasteiger partial charge in [-0.25, -0.2) is 4.98 Å². The van der Waals surface area contributed by atoms with Crippen LogP contribution in [0.2, 0.25) is 0 Å². The molecule has 0 saturated heterocycles. The summed E-state index contributed by atoms with van der Waals surface area (Å²) in [5.74, 6) is -1.62. The van der Waals surface area contributed by atoms with Crippen LogP contribution in [0.1, 0.15) is 36.9 Å². The van der Waals surface area contributed by atoms with Gasteiger partial charge >= 0.3 is 5.97 Å². The van der Waals surface area contributed by atoms with E-state index in [0.717, 1.165) is 17.1 Å². The van der Waals surface area contributed by atoms with Crippen molar-refractivity contribution in [3.63, 3.8) is 0 Å². The Labute approximate surface area is 122 Å². The molecule has 0 aromatic carbocycles. The third kappa shape index (κ3) is 3.36. The Morgan fingerprint density at radius 3 is 2.70 bits per heavy atom. The zero-order valence-electron chi connectivity index (χ0n) is 11.8. The van der Waals surface area contributed by atoms with Crippen LogP contribution in [-0.4, -0.2) is 22.0 Å². The number of rotatable bonds is 5. The SMILES string of the molecule is CCC1C[C@H](C(=O)NCc2csc(C)n2)[C@H](C(=O)O)C1. The normalized spacial score (nSPS) is 25.6. The van der Waals surface area contributed by atoms with E-state index in [0.29, 0.717) is 25.3 Å². The van der Waals surface area contributed by atoms with E-state index in [9.17, 15) is 14.7 Å². The van der Waals surface area contributed by atoms with Gasteiger partial charge in [0, 0.05) is 5.38 Å². The molecule has 1 aromatic heterocycles. The van der Waals surface area contributed by atoms with E-state index in [2.05, 4.69) is 10.3 Å². The van der Waals surface area contributed by atoms with Crippen LogP contribution in [0.25, 0.3) is 0 Å². The first kappa shape index (κ1) is 15.0. The molecule has 1 aliphatic carbocycles. The van der Waals surface area contributed by atoms with Crippen LogP contribution in [0.3, 0.4) is 0 Å². The molecule has 2 N–H and O–H groups in total. The van der Waals surface area contributed by atoms with Crippen molar-refractivity contribution >= 4 is 23.2 Å². The number of carboxylic acids is 1. The van der Waals surface area contributed by atoms with Crippen molar-refractivity contribution in [1.82, 2.24) is 10.3 Å². The second-order valence-corrected chi connectivity index (χ2v) is 6.43. The van der Waals surface area contributed by atoms with Gasteiger partial charge in [-0.3, -0.25) is 9.59 Å². The number of hydrogen-bond acceptors (Lipinski definition) is 4. The van der Waals surface area contributed by atoms with E-state index in [-0.39, 0.29) is 5.91 Å². The molecule has 0 radical (unpaired) electrons. The second-order valence-electron chi connectivity index (χ2n) is 5.37. The number of nitrogens with zero attached hydrogens (tertiary/aromatic N) is 1. The second kappa shape index (κ2) is 6.35. The lowest BCUT2D eigenvalue weighted by atomic mass is 9.95. The molecule has 6 heteroatoms. The van der Waals surface area contributed by atoms with E-state index >= 15 is 0 Å². The first-order valence-corrected chi connectivity index (χ1v) is 7.80. The Morgan fingerprint density at radius 1 is 1.45 bits per heavy atom. The topological polar surface area (TPSA) is 79.3 Å². The van der Waals surface area contributed by atoms with Crippen molar-refractivity contribution < 1.29 is 14.7 Å². The number of aliphatic carboxylic acids is 1. The molecule has 1 saturated carbocycles. The monoisotopic (exact) mass is 296 g/mol. The minimum atomic E-state index is -0.856. The minimum absolute atomic E-state index is 0.154. The average Bonchev–Trinajstić information content (AvgIpc) is 3.02. The Kier molecular flexibility index (Phi) is 4.75. The van der Waals surface area contributed by atoms with Crippen molar-refractivity contribution in [3.05, 3.63) is 16.1 Å². The highest BCUT2D eigenvalue weighted by Crippen LogP contribution is 2.38. The molecule has 1 amide bonds. The highest BCUT2D eigenvalue weighted by molar-refractivity contribution is 7.09. The Bertz CT molecular complexity index is 500. The van der Waals surface area contributed by atoms with Crippen molar-refractivity contribution in [2.45, 2.75) is 39.7 Å². The van der Waals surface area contributed by atoms with Crippen LogP contribution < -0.4 is 5.32 Å². The average molecular weight is 296 g/mol. The quantitative estimate of drug-likeness (QED) is 0.873. The maximum Gasteiger partial charge on any atom is 0.307 e. The fourth-order valence-electron chi connectivity index (χ4n) is 2.84. The van der Waals surface area contributed by atoms with E-state index in [1.54, 1.807) is 11.3 Å². The van der Waals surface area contributed by atoms with Gasteiger partial charge in [0.15, 0.2) is 0 Å². The van der Waals surface area contributed by atoms with Crippen LogP contribution in [0.5, 0.6) is 0 Å². The number of hydrogen-bond donors (Lipinski definition) is 2. The molecule has 0 spiro atoms. The van der Waals surface area contributed by atoms with Gasteiger partial charge in [0.05, 0.1) is 29.1 Å². The van der Waals surface area contributed by atoms with Crippen LogP contribution in [-0.2, 0) is 16.1 Å². The third-order valence-corrected chi connectivity index (χ3v) is 4.82. The number of aryl methyl sites for hydroxylation is 1. The maximum absolute atomic E-state index is 12.2. The summed E-state index contributed by atoms with van der Waals surface area (Å²) in [4.78, 5) is 27.7. The fourth-order valence-corrected chi connectivity index (χ4v) is 3.45. The molecule has 1 aromatic rings. The summed E-state index contributed by atoms with van der Waals surface area (Å²) in [6.45, 7) is 4.34. The van der Waals surface area contributed by atoms with E-state index in [1.807, 2.05) is 19.2 Å². The molecule has 1 unspecified atom stereocenters. The number of nitrogens with one attached hydrogen (secondary N) is 1. The van der Waals surface area contributed by atoms with E-state index in [1.165, 1.54) is 0 Å². The van der Waals surface area contributed by atoms with Crippen molar-refractivity contribution in [2.75, 3.05) is 0 Å². The van der Waals surface area contributed by atoms with Gasteiger partial charge in [0.1, 0.15) is 0 Å². The first-order valence-electron chi connectivity index (χ1n) is 6.92. The minimum Gasteiger partial charge on any atom is -0.481 e.